The second kappa shape index (κ2) is 19.5. The Morgan fingerprint density at radius 3 is 1.93 bits per heavy atom. The van der Waals surface area contributed by atoms with Gasteiger partial charge in [-0.2, -0.15) is 9.89 Å². The Labute approximate surface area is 358 Å². The second-order valence-corrected chi connectivity index (χ2v) is 18.3. The largest absolute Gasteiger partial charge is 0.466 e. The number of hydrogen-bond acceptors (Lipinski definition) is 13. The van der Waals surface area contributed by atoms with Gasteiger partial charge in [-0.15, -0.1) is 11.3 Å². The fourth-order valence-electron chi connectivity index (χ4n) is 5.92. The Morgan fingerprint density at radius 2 is 1.41 bits per heavy atom. The number of amides is 5. The highest BCUT2D eigenvalue weighted by Crippen LogP contribution is 2.30. The van der Waals surface area contributed by atoms with Gasteiger partial charge >= 0.3 is 24.2 Å². The lowest BCUT2D eigenvalue weighted by molar-refractivity contribution is -0.384. The molecule has 0 fully saturated rings. The average Bonchev–Trinajstić information content (AvgIpc) is 3.53. The quantitative estimate of drug-likeness (QED) is 0.0523. The topological polar surface area (TPSA) is 213 Å². The minimum Gasteiger partial charge on any atom is -0.466 e. The summed E-state index contributed by atoms with van der Waals surface area (Å²) in [5.41, 5.74) is -1.76. The molecule has 18 heteroatoms. The van der Waals surface area contributed by atoms with Crippen molar-refractivity contribution in [2.45, 2.75) is 118 Å². The van der Waals surface area contributed by atoms with Crippen molar-refractivity contribution in [3.63, 3.8) is 0 Å². The summed E-state index contributed by atoms with van der Waals surface area (Å²) in [6, 6.07) is 11.8. The van der Waals surface area contributed by atoms with E-state index in [-0.39, 0.29) is 48.8 Å². The Morgan fingerprint density at radius 1 is 0.852 bits per heavy atom. The Hall–Kier alpha value is -6.17. The van der Waals surface area contributed by atoms with Gasteiger partial charge in [-0.1, -0.05) is 24.3 Å². The maximum absolute atomic E-state index is 14.2. The van der Waals surface area contributed by atoms with Crippen LogP contribution >= 0.6 is 11.3 Å². The van der Waals surface area contributed by atoms with Crippen LogP contribution in [0.25, 0.3) is 0 Å². The molecule has 61 heavy (non-hydrogen) atoms. The van der Waals surface area contributed by atoms with Gasteiger partial charge in [0.15, 0.2) is 5.84 Å². The van der Waals surface area contributed by atoms with Crippen molar-refractivity contribution in [2.75, 3.05) is 13.2 Å². The number of imide groups is 1. The van der Waals surface area contributed by atoms with Crippen LogP contribution in [0.3, 0.4) is 0 Å². The number of non-ortho nitro benzene ring substituents is 1. The van der Waals surface area contributed by atoms with Gasteiger partial charge in [-0.05, 0) is 105 Å². The number of amidine groups is 1. The number of nitro benzene ring substituents is 1. The normalized spacial score (nSPS) is 13.6. The van der Waals surface area contributed by atoms with E-state index in [2.05, 4.69) is 10.3 Å². The van der Waals surface area contributed by atoms with Crippen LogP contribution in [0.1, 0.15) is 106 Å². The van der Waals surface area contributed by atoms with E-state index in [1.54, 1.807) is 74.1 Å². The van der Waals surface area contributed by atoms with Gasteiger partial charge in [0.05, 0.1) is 18.0 Å². The van der Waals surface area contributed by atoms with Crippen molar-refractivity contribution in [3.8, 4) is 0 Å². The van der Waals surface area contributed by atoms with E-state index >= 15 is 0 Å². The standard InChI is InChI=1S/C43H53N5O12S/c1-11-57-34(49)24-31-23-29-25-46(21-20-33(29)61-31)37(51)32(22-26-12-18-30(19-13-26)48(55)56)44-36(50)28-16-14-27(15-17-28)35(45-38(52)58-41(2,3)4)47(39(53)59-42(5,6)7)40(54)60-43(8,9)10/h12-19,23,32H,11,20-22,24-25H2,1-10H3,(H,44,50)/t32-/m0/s1. The van der Waals surface area contributed by atoms with Crippen molar-refractivity contribution in [2.24, 2.45) is 4.99 Å². The molecular formula is C43H53N5O12S. The lowest BCUT2D eigenvalue weighted by Gasteiger charge is -2.31. The Kier molecular flexibility index (Phi) is 15.2. The molecule has 0 saturated carbocycles. The number of esters is 1. The molecule has 0 aliphatic carbocycles. The van der Waals surface area contributed by atoms with Gasteiger partial charge in [-0.3, -0.25) is 24.5 Å². The molecule has 1 atom stereocenters. The highest BCUT2D eigenvalue weighted by Gasteiger charge is 2.37. The number of hydrogen-bond donors (Lipinski definition) is 1. The molecule has 328 valence electrons. The van der Waals surface area contributed by atoms with E-state index in [0.29, 0.717) is 23.4 Å². The van der Waals surface area contributed by atoms with Gasteiger partial charge in [0.25, 0.3) is 11.6 Å². The van der Waals surface area contributed by atoms with Gasteiger partial charge in [0, 0.05) is 52.5 Å². The van der Waals surface area contributed by atoms with Crippen molar-refractivity contribution in [1.82, 2.24) is 15.1 Å². The smallest absolute Gasteiger partial charge is 0.436 e. The van der Waals surface area contributed by atoms with Crippen LogP contribution in [0.4, 0.5) is 20.1 Å². The SMILES string of the molecule is CCOC(=O)Cc1cc2c(s1)CCN(C(=O)[C@H](Cc1ccc([N+](=O)[O-])cc1)NC(=O)c1ccc(C(=NC(=O)OC(C)(C)C)N(C(=O)OC(C)(C)C)C(=O)OC(C)(C)C)cc1)C2. The first-order valence-corrected chi connectivity index (χ1v) is 20.4. The summed E-state index contributed by atoms with van der Waals surface area (Å²) < 4.78 is 21.5. The van der Waals surface area contributed by atoms with Gasteiger partial charge in [0.2, 0.25) is 5.91 Å². The van der Waals surface area contributed by atoms with Crippen LogP contribution in [0.15, 0.2) is 59.6 Å². The minimum absolute atomic E-state index is 0.00478. The number of carbonyl (C=O) groups is 6. The van der Waals surface area contributed by atoms with Gasteiger partial charge in [0.1, 0.15) is 22.8 Å². The number of nitrogens with zero attached hydrogens (tertiary/aromatic N) is 4. The fourth-order valence-corrected chi connectivity index (χ4v) is 7.08. The molecule has 1 aliphatic heterocycles. The first-order chi connectivity index (χ1) is 28.3. The Balaban J connectivity index is 1.68. The monoisotopic (exact) mass is 863 g/mol. The highest BCUT2D eigenvalue weighted by atomic mass is 32.1. The maximum Gasteiger partial charge on any atom is 0.436 e. The third-order valence-electron chi connectivity index (χ3n) is 8.40. The number of benzene rings is 2. The number of carbonyl (C=O) groups excluding carboxylic acids is 6. The molecule has 5 amide bonds. The zero-order valence-corrected chi connectivity index (χ0v) is 36.9. The number of rotatable bonds is 10. The van der Waals surface area contributed by atoms with Crippen LogP contribution < -0.4 is 5.32 Å². The molecule has 1 aliphatic rings. The average molecular weight is 864 g/mol. The summed E-state index contributed by atoms with van der Waals surface area (Å²) in [6.07, 6.45) is -2.87. The molecule has 17 nitrogen and oxygen atoms in total. The number of aliphatic imine (C=N–C) groups is 1. The molecule has 3 aromatic rings. The van der Waals surface area contributed by atoms with Gasteiger partial charge in [-0.25, -0.2) is 14.4 Å². The maximum atomic E-state index is 14.2. The van der Waals surface area contributed by atoms with E-state index in [1.807, 2.05) is 6.07 Å². The molecule has 1 aromatic heterocycles. The van der Waals surface area contributed by atoms with Crippen LogP contribution in [0.2, 0.25) is 0 Å². The lowest BCUT2D eigenvalue weighted by atomic mass is 10.0. The van der Waals surface area contributed by atoms with E-state index < -0.39 is 63.7 Å². The molecule has 0 radical (unpaired) electrons. The highest BCUT2D eigenvalue weighted by molar-refractivity contribution is 7.12. The van der Waals surface area contributed by atoms with Crippen LogP contribution in [0.5, 0.6) is 0 Å². The van der Waals surface area contributed by atoms with E-state index in [9.17, 15) is 38.9 Å². The molecule has 0 spiro atoms. The third-order valence-corrected chi connectivity index (χ3v) is 9.64. The molecular weight excluding hydrogens is 811 g/mol. The number of nitrogens with one attached hydrogen (secondary N) is 1. The van der Waals surface area contributed by atoms with Crippen molar-refractivity contribution in [1.29, 1.82) is 0 Å². The second-order valence-electron chi connectivity index (χ2n) is 17.1. The lowest BCUT2D eigenvalue weighted by Crippen LogP contribution is -2.50. The molecule has 2 heterocycles. The van der Waals surface area contributed by atoms with Crippen LogP contribution in [0, 0.1) is 10.1 Å². The van der Waals surface area contributed by atoms with Crippen molar-refractivity contribution < 1.29 is 52.6 Å². The fraction of sp³-hybridized carbons (Fsp3) is 0.465. The molecule has 4 rings (SSSR count). The summed E-state index contributed by atoms with van der Waals surface area (Å²) >= 11 is 1.49. The summed E-state index contributed by atoms with van der Waals surface area (Å²) in [7, 11) is 0. The first-order valence-electron chi connectivity index (χ1n) is 19.6. The Bertz CT molecular complexity index is 2130. The molecule has 1 N–H and O–H groups in total. The number of ether oxygens (including phenoxy) is 4. The van der Waals surface area contributed by atoms with Gasteiger partial charge < -0.3 is 29.2 Å². The first kappa shape index (κ1) is 47.5. The van der Waals surface area contributed by atoms with Crippen molar-refractivity contribution in [3.05, 3.63) is 96.7 Å². The number of nitro groups is 1. The van der Waals surface area contributed by atoms with E-state index in [1.165, 1.54) is 59.9 Å². The number of thiophene rings is 1. The predicted octanol–water partition coefficient (Wildman–Crippen LogP) is 7.54. The van der Waals surface area contributed by atoms with E-state index in [0.717, 1.165) is 15.3 Å². The van der Waals surface area contributed by atoms with Crippen LogP contribution in [-0.2, 0) is 54.3 Å². The third kappa shape index (κ3) is 14.2. The summed E-state index contributed by atoms with van der Waals surface area (Å²) in [5, 5.41) is 14.1. The van der Waals surface area contributed by atoms with Crippen molar-refractivity contribution >= 4 is 58.9 Å². The summed E-state index contributed by atoms with van der Waals surface area (Å²) in [4.78, 5) is 99.4. The zero-order valence-electron chi connectivity index (χ0n) is 36.1. The zero-order chi connectivity index (χ0) is 45.4. The predicted molar refractivity (Wildman–Crippen MR) is 225 cm³/mol. The molecule has 0 saturated heterocycles. The minimum atomic E-state index is -1.19. The molecule has 2 aromatic carbocycles. The summed E-state index contributed by atoms with van der Waals surface area (Å²) in [5.74, 6) is -1.91. The molecule has 0 unspecified atom stereocenters. The van der Waals surface area contributed by atoms with E-state index in [4.69, 9.17) is 18.9 Å². The number of fused-ring (bicyclic) bond motifs is 1. The van der Waals surface area contributed by atoms with Crippen LogP contribution in [-0.4, -0.2) is 92.6 Å². The molecule has 0 bridgehead atoms. The summed E-state index contributed by atoms with van der Waals surface area (Å²) in [6.45, 7) is 16.9.